The highest BCUT2D eigenvalue weighted by Gasteiger charge is 2.27. The van der Waals surface area contributed by atoms with Crippen LogP contribution in [0.15, 0.2) is 83.3 Å². The summed E-state index contributed by atoms with van der Waals surface area (Å²) in [4.78, 5) is 0.899. The number of thiocarbonyl (C=S) groups is 1. The fourth-order valence-electron chi connectivity index (χ4n) is 2.97. The maximum Gasteiger partial charge on any atom is 0.0558 e. The summed E-state index contributed by atoms with van der Waals surface area (Å²) in [5.74, 6) is 0. The van der Waals surface area contributed by atoms with Gasteiger partial charge in [-0.1, -0.05) is 82.7 Å². The van der Waals surface area contributed by atoms with Crippen LogP contribution in [0.25, 0.3) is 11.3 Å². The second-order valence-corrected chi connectivity index (χ2v) is 6.95. The van der Waals surface area contributed by atoms with E-state index in [1.54, 1.807) is 0 Å². The molecular weight excluding hydrogens is 378 g/mol. The molecule has 1 aliphatic rings. The molecule has 0 amide bonds. The van der Waals surface area contributed by atoms with Gasteiger partial charge < -0.3 is 5.32 Å². The van der Waals surface area contributed by atoms with Gasteiger partial charge in [-0.05, 0) is 29.8 Å². The number of nitrogens with one attached hydrogen (secondary N) is 1. The molecule has 3 aromatic rings. The van der Waals surface area contributed by atoms with E-state index in [1.165, 1.54) is 0 Å². The Bertz CT molecular complexity index is 943. The first-order chi connectivity index (χ1) is 11.7. The molecule has 0 aliphatic heterocycles. The predicted molar refractivity (Wildman–Crippen MR) is 109 cm³/mol. The Morgan fingerprint density at radius 3 is 2.04 bits per heavy atom. The van der Waals surface area contributed by atoms with Gasteiger partial charge in [-0.25, -0.2) is 0 Å². The molecule has 116 valence electrons. The lowest BCUT2D eigenvalue weighted by Gasteiger charge is -2.12. The zero-order valence-corrected chi connectivity index (χ0v) is 15.2. The highest BCUT2D eigenvalue weighted by molar-refractivity contribution is 9.10. The molecular formula is C21H14BrNS. The summed E-state index contributed by atoms with van der Waals surface area (Å²) in [6.07, 6.45) is 0. The van der Waals surface area contributed by atoms with Crippen LogP contribution in [0.3, 0.4) is 0 Å². The Kier molecular flexibility index (Phi) is 4.05. The van der Waals surface area contributed by atoms with Gasteiger partial charge in [-0.15, -0.1) is 0 Å². The summed E-state index contributed by atoms with van der Waals surface area (Å²) in [5.41, 5.74) is 6.62. The number of halogens is 1. The molecule has 1 N–H and O–H groups in total. The molecule has 0 saturated heterocycles. The average molecular weight is 392 g/mol. The van der Waals surface area contributed by atoms with Gasteiger partial charge in [0.1, 0.15) is 0 Å². The van der Waals surface area contributed by atoms with E-state index < -0.39 is 0 Å². The van der Waals surface area contributed by atoms with E-state index >= 15 is 0 Å². The van der Waals surface area contributed by atoms with Crippen LogP contribution < -0.4 is 5.32 Å². The van der Waals surface area contributed by atoms with Crippen molar-refractivity contribution in [2.24, 2.45) is 0 Å². The summed E-state index contributed by atoms with van der Waals surface area (Å²) < 4.78 is 1.06. The molecule has 0 radical (unpaired) electrons. The normalized spacial score (nSPS) is 13.1. The summed E-state index contributed by atoms with van der Waals surface area (Å²) in [6, 6.07) is 26.8. The van der Waals surface area contributed by atoms with Crippen LogP contribution in [-0.2, 0) is 0 Å². The first-order valence-corrected chi connectivity index (χ1v) is 8.90. The maximum absolute atomic E-state index is 5.79. The van der Waals surface area contributed by atoms with Crippen molar-refractivity contribution in [1.82, 2.24) is 0 Å². The van der Waals surface area contributed by atoms with Gasteiger partial charge in [0.2, 0.25) is 0 Å². The fraction of sp³-hybridized carbons (Fsp3) is 0. The van der Waals surface area contributed by atoms with Gasteiger partial charge in [0.25, 0.3) is 0 Å². The minimum Gasteiger partial charge on any atom is -0.354 e. The van der Waals surface area contributed by atoms with Crippen molar-refractivity contribution in [3.8, 4) is 0 Å². The molecule has 0 fully saturated rings. The first-order valence-electron chi connectivity index (χ1n) is 7.70. The summed E-state index contributed by atoms with van der Waals surface area (Å²) in [5, 5.41) is 3.57. The van der Waals surface area contributed by atoms with Crippen molar-refractivity contribution in [2.45, 2.75) is 0 Å². The Morgan fingerprint density at radius 1 is 0.708 bits per heavy atom. The SMILES string of the molecule is S=C1C(c2ccccc2)=C(Nc2ccc(Br)cc2)c2ccccc21. The number of allylic oxidation sites excluding steroid dienone is 1. The van der Waals surface area contributed by atoms with Crippen molar-refractivity contribution in [1.29, 1.82) is 0 Å². The van der Waals surface area contributed by atoms with Crippen LogP contribution in [0, 0.1) is 0 Å². The molecule has 0 spiro atoms. The van der Waals surface area contributed by atoms with E-state index in [2.05, 4.69) is 63.7 Å². The minimum absolute atomic E-state index is 0.899. The molecule has 0 atom stereocenters. The molecule has 0 heterocycles. The highest BCUT2D eigenvalue weighted by Crippen LogP contribution is 2.39. The molecule has 4 rings (SSSR count). The summed E-state index contributed by atoms with van der Waals surface area (Å²) in [7, 11) is 0. The Labute approximate surface area is 155 Å². The largest absolute Gasteiger partial charge is 0.354 e. The second kappa shape index (κ2) is 6.34. The Morgan fingerprint density at radius 2 is 1.33 bits per heavy atom. The third kappa shape index (κ3) is 2.70. The number of benzene rings is 3. The molecule has 3 heteroatoms. The Hall–Kier alpha value is -2.23. The molecule has 0 saturated carbocycles. The smallest absolute Gasteiger partial charge is 0.0558 e. The van der Waals surface area contributed by atoms with Gasteiger partial charge in [0.15, 0.2) is 0 Å². The topological polar surface area (TPSA) is 12.0 Å². The summed E-state index contributed by atoms with van der Waals surface area (Å²) >= 11 is 9.27. The third-order valence-electron chi connectivity index (χ3n) is 4.09. The molecule has 3 aromatic carbocycles. The van der Waals surface area contributed by atoms with Crippen molar-refractivity contribution in [3.05, 3.63) is 100 Å². The maximum atomic E-state index is 5.79. The number of hydrogen-bond acceptors (Lipinski definition) is 2. The minimum atomic E-state index is 0.899. The van der Waals surface area contributed by atoms with Crippen LogP contribution in [0.4, 0.5) is 5.69 Å². The van der Waals surface area contributed by atoms with Crippen LogP contribution in [0.1, 0.15) is 16.7 Å². The van der Waals surface area contributed by atoms with Crippen LogP contribution in [0.2, 0.25) is 0 Å². The van der Waals surface area contributed by atoms with Gasteiger partial charge in [-0.3, -0.25) is 0 Å². The monoisotopic (exact) mass is 391 g/mol. The molecule has 24 heavy (non-hydrogen) atoms. The van der Waals surface area contributed by atoms with Gasteiger partial charge in [0.05, 0.1) is 10.6 Å². The Balaban J connectivity index is 1.87. The van der Waals surface area contributed by atoms with Gasteiger partial charge in [0, 0.05) is 26.9 Å². The van der Waals surface area contributed by atoms with Crippen LogP contribution >= 0.6 is 28.1 Å². The molecule has 0 bridgehead atoms. The zero-order chi connectivity index (χ0) is 16.5. The molecule has 1 nitrogen and oxygen atoms in total. The summed E-state index contributed by atoms with van der Waals surface area (Å²) in [6.45, 7) is 0. The van der Waals surface area contributed by atoms with Crippen molar-refractivity contribution >= 4 is 50.0 Å². The predicted octanol–water partition coefficient (Wildman–Crippen LogP) is 6.16. The van der Waals surface area contributed by atoms with Crippen molar-refractivity contribution in [2.75, 3.05) is 5.32 Å². The standard InChI is InChI=1S/C21H14BrNS/c22-15-10-12-16(13-11-15)23-20-17-8-4-5-9-18(17)21(24)19(20)14-6-2-1-3-7-14/h1-13,23H. The van der Waals surface area contributed by atoms with E-state index in [-0.39, 0.29) is 0 Å². The number of anilines is 1. The van der Waals surface area contributed by atoms with Crippen molar-refractivity contribution in [3.63, 3.8) is 0 Å². The number of hydrogen-bond donors (Lipinski definition) is 1. The zero-order valence-electron chi connectivity index (χ0n) is 12.8. The quantitative estimate of drug-likeness (QED) is 0.536. The first kappa shape index (κ1) is 15.3. The lowest BCUT2D eigenvalue weighted by molar-refractivity contribution is 1.53. The van der Waals surface area contributed by atoms with Crippen molar-refractivity contribution < 1.29 is 0 Å². The number of rotatable bonds is 3. The van der Waals surface area contributed by atoms with E-state index in [9.17, 15) is 0 Å². The number of fused-ring (bicyclic) bond motifs is 1. The molecule has 0 aromatic heterocycles. The van der Waals surface area contributed by atoms with E-state index in [0.717, 1.165) is 43.0 Å². The van der Waals surface area contributed by atoms with E-state index in [1.807, 2.05) is 36.4 Å². The lowest BCUT2D eigenvalue weighted by Crippen LogP contribution is -2.00. The van der Waals surface area contributed by atoms with E-state index in [4.69, 9.17) is 12.2 Å². The van der Waals surface area contributed by atoms with Crippen LogP contribution in [-0.4, -0.2) is 4.86 Å². The third-order valence-corrected chi connectivity index (χ3v) is 5.05. The van der Waals surface area contributed by atoms with Gasteiger partial charge >= 0.3 is 0 Å². The average Bonchev–Trinajstić information content (AvgIpc) is 2.90. The van der Waals surface area contributed by atoms with Crippen LogP contribution in [0.5, 0.6) is 0 Å². The molecule has 1 aliphatic carbocycles. The van der Waals surface area contributed by atoms with E-state index in [0.29, 0.717) is 0 Å². The lowest BCUT2D eigenvalue weighted by atomic mass is 10.0. The van der Waals surface area contributed by atoms with Gasteiger partial charge in [-0.2, -0.15) is 0 Å². The highest BCUT2D eigenvalue weighted by atomic mass is 79.9. The second-order valence-electron chi connectivity index (χ2n) is 5.62. The molecule has 0 unspecified atom stereocenters. The fourth-order valence-corrected chi connectivity index (χ4v) is 3.63.